The Morgan fingerprint density at radius 2 is 2.00 bits per heavy atom. The first-order chi connectivity index (χ1) is 11.6. The van der Waals surface area contributed by atoms with Gasteiger partial charge in [-0.3, -0.25) is 4.79 Å². The van der Waals surface area contributed by atoms with Crippen LogP contribution in [0.3, 0.4) is 0 Å². The van der Waals surface area contributed by atoms with E-state index in [0.29, 0.717) is 6.54 Å². The zero-order valence-electron chi connectivity index (χ0n) is 14.8. The molecule has 24 heavy (non-hydrogen) atoms. The van der Waals surface area contributed by atoms with E-state index in [0.717, 1.165) is 31.9 Å². The highest BCUT2D eigenvalue weighted by Gasteiger charge is 2.27. The first-order valence-corrected chi connectivity index (χ1v) is 8.69. The van der Waals surface area contributed by atoms with Gasteiger partial charge >= 0.3 is 0 Å². The van der Waals surface area contributed by atoms with Crippen LogP contribution >= 0.6 is 0 Å². The van der Waals surface area contributed by atoms with E-state index < -0.39 is 0 Å². The largest absolute Gasteiger partial charge is 0.368 e. The average molecular weight is 326 g/mol. The van der Waals surface area contributed by atoms with Crippen LogP contribution in [0.5, 0.6) is 0 Å². The lowest BCUT2D eigenvalue weighted by Gasteiger charge is -2.41. The topological polar surface area (TPSA) is 41.4 Å². The smallest absolute Gasteiger partial charge is 0.242 e. The Hall–Kier alpha value is -2.30. The Kier molecular flexibility index (Phi) is 4.88. The Morgan fingerprint density at radius 1 is 1.25 bits per heavy atom. The quantitative estimate of drug-likeness (QED) is 0.867. The van der Waals surface area contributed by atoms with Gasteiger partial charge in [-0.25, -0.2) is 4.98 Å². The summed E-state index contributed by atoms with van der Waals surface area (Å²) in [6.07, 6.45) is 4.51. The van der Waals surface area contributed by atoms with Crippen molar-refractivity contribution in [3.05, 3.63) is 48.0 Å². The summed E-state index contributed by atoms with van der Waals surface area (Å²) in [5, 5.41) is 0. The molecule has 0 aliphatic carbocycles. The lowest BCUT2D eigenvalue weighted by Crippen LogP contribution is -2.54. The molecule has 5 heteroatoms. The molecular formula is C19H26N4O. The van der Waals surface area contributed by atoms with Crippen molar-refractivity contribution in [2.75, 3.05) is 24.5 Å². The molecular weight excluding hydrogens is 300 g/mol. The number of benzene rings is 1. The summed E-state index contributed by atoms with van der Waals surface area (Å²) in [5.74, 6) is 1.15. The van der Waals surface area contributed by atoms with Gasteiger partial charge in [0.25, 0.3) is 0 Å². The van der Waals surface area contributed by atoms with E-state index in [1.807, 2.05) is 15.7 Å². The van der Waals surface area contributed by atoms with Crippen LogP contribution in [0, 0.1) is 6.92 Å². The number of aromatic nitrogens is 2. The number of anilines is 1. The van der Waals surface area contributed by atoms with Gasteiger partial charge in [0.15, 0.2) is 0 Å². The van der Waals surface area contributed by atoms with Gasteiger partial charge in [-0.15, -0.1) is 0 Å². The van der Waals surface area contributed by atoms with Crippen molar-refractivity contribution in [2.24, 2.45) is 0 Å². The summed E-state index contributed by atoms with van der Waals surface area (Å²) in [7, 11) is 0. The number of aryl methyl sites for hydroxylation is 2. The second-order valence-electron chi connectivity index (χ2n) is 6.54. The number of imidazole rings is 1. The number of amides is 1. The maximum Gasteiger partial charge on any atom is 0.242 e. The molecule has 1 atom stereocenters. The van der Waals surface area contributed by atoms with Gasteiger partial charge in [-0.2, -0.15) is 0 Å². The molecule has 3 rings (SSSR count). The standard InChI is InChI=1S/C19H26N4O/c1-4-18-20-9-10-22(18)14-19(24)23-12-11-21(13-16(23)3)17-7-5-15(2)6-8-17/h5-10,16H,4,11-14H2,1-3H3/t16-/m1/s1. The molecule has 1 aliphatic rings. The highest BCUT2D eigenvalue weighted by molar-refractivity contribution is 5.77. The van der Waals surface area contributed by atoms with Gasteiger partial charge in [0.05, 0.1) is 0 Å². The highest BCUT2D eigenvalue weighted by atomic mass is 16.2. The van der Waals surface area contributed by atoms with Crippen LogP contribution < -0.4 is 4.90 Å². The molecule has 0 bridgehead atoms. The Bertz CT molecular complexity index is 692. The molecule has 1 fully saturated rings. The number of piperazine rings is 1. The highest BCUT2D eigenvalue weighted by Crippen LogP contribution is 2.20. The number of hydrogen-bond acceptors (Lipinski definition) is 3. The third kappa shape index (κ3) is 3.45. The number of carbonyl (C=O) groups is 1. The van der Waals surface area contributed by atoms with Crippen LogP contribution in [0.15, 0.2) is 36.7 Å². The summed E-state index contributed by atoms with van der Waals surface area (Å²) >= 11 is 0. The summed E-state index contributed by atoms with van der Waals surface area (Å²) in [5.41, 5.74) is 2.51. The normalized spacial score (nSPS) is 18.0. The van der Waals surface area contributed by atoms with Gasteiger partial charge in [-0.05, 0) is 26.0 Å². The van der Waals surface area contributed by atoms with Gasteiger partial charge in [0, 0.05) is 50.2 Å². The van der Waals surface area contributed by atoms with Gasteiger partial charge in [0.2, 0.25) is 5.91 Å². The van der Waals surface area contributed by atoms with Gasteiger partial charge < -0.3 is 14.4 Å². The molecule has 0 spiro atoms. The predicted octanol–water partition coefficient (Wildman–Crippen LogP) is 2.49. The fourth-order valence-corrected chi connectivity index (χ4v) is 3.35. The zero-order chi connectivity index (χ0) is 17.1. The van der Waals surface area contributed by atoms with Crippen LogP contribution in [-0.4, -0.2) is 46.0 Å². The number of hydrogen-bond donors (Lipinski definition) is 0. The number of nitrogens with zero attached hydrogens (tertiary/aromatic N) is 4. The number of rotatable bonds is 4. The maximum absolute atomic E-state index is 12.7. The molecule has 128 valence electrons. The molecule has 0 unspecified atom stereocenters. The minimum absolute atomic E-state index is 0.179. The fraction of sp³-hybridized carbons (Fsp3) is 0.474. The van der Waals surface area contributed by atoms with Crippen LogP contribution in [0.2, 0.25) is 0 Å². The molecule has 0 saturated carbocycles. The van der Waals surface area contributed by atoms with E-state index >= 15 is 0 Å². The Labute approximate surface area is 143 Å². The maximum atomic E-state index is 12.7. The third-order valence-corrected chi connectivity index (χ3v) is 4.77. The second-order valence-corrected chi connectivity index (χ2v) is 6.54. The van der Waals surface area contributed by atoms with Crippen molar-refractivity contribution in [2.45, 2.75) is 39.8 Å². The second kappa shape index (κ2) is 7.07. The molecule has 1 amide bonds. The van der Waals surface area contributed by atoms with Crippen molar-refractivity contribution in [3.63, 3.8) is 0 Å². The molecule has 1 saturated heterocycles. The van der Waals surface area contributed by atoms with Crippen molar-refractivity contribution in [3.8, 4) is 0 Å². The molecule has 1 aromatic heterocycles. The Morgan fingerprint density at radius 3 is 2.67 bits per heavy atom. The van der Waals surface area contributed by atoms with E-state index in [-0.39, 0.29) is 11.9 Å². The summed E-state index contributed by atoms with van der Waals surface area (Å²) in [4.78, 5) is 21.4. The molecule has 5 nitrogen and oxygen atoms in total. The lowest BCUT2D eigenvalue weighted by atomic mass is 10.1. The van der Waals surface area contributed by atoms with Crippen LogP contribution in [0.4, 0.5) is 5.69 Å². The molecule has 1 aromatic carbocycles. The molecule has 2 aromatic rings. The van der Waals surface area contributed by atoms with E-state index in [4.69, 9.17) is 0 Å². The van der Waals surface area contributed by atoms with E-state index in [1.165, 1.54) is 11.3 Å². The lowest BCUT2D eigenvalue weighted by molar-refractivity contribution is -0.134. The van der Waals surface area contributed by atoms with Gasteiger partial charge in [0.1, 0.15) is 12.4 Å². The minimum Gasteiger partial charge on any atom is -0.368 e. The zero-order valence-corrected chi connectivity index (χ0v) is 14.8. The first kappa shape index (κ1) is 16.6. The fourth-order valence-electron chi connectivity index (χ4n) is 3.35. The van der Waals surface area contributed by atoms with E-state index in [1.54, 1.807) is 6.20 Å². The predicted molar refractivity (Wildman–Crippen MR) is 96.2 cm³/mol. The average Bonchev–Trinajstić information content (AvgIpc) is 3.02. The molecule has 1 aliphatic heterocycles. The van der Waals surface area contributed by atoms with Crippen LogP contribution in [0.1, 0.15) is 25.2 Å². The summed E-state index contributed by atoms with van der Waals surface area (Å²) in [6.45, 7) is 9.20. The SMILES string of the molecule is CCc1nccn1CC(=O)N1CCN(c2ccc(C)cc2)C[C@H]1C. The van der Waals surface area contributed by atoms with Crippen molar-refractivity contribution in [1.82, 2.24) is 14.5 Å². The van der Waals surface area contributed by atoms with Crippen molar-refractivity contribution in [1.29, 1.82) is 0 Å². The van der Waals surface area contributed by atoms with Gasteiger partial charge in [-0.1, -0.05) is 24.6 Å². The first-order valence-electron chi connectivity index (χ1n) is 8.69. The van der Waals surface area contributed by atoms with Crippen molar-refractivity contribution < 1.29 is 4.79 Å². The van der Waals surface area contributed by atoms with Crippen LogP contribution in [0.25, 0.3) is 0 Å². The third-order valence-electron chi connectivity index (χ3n) is 4.77. The van der Waals surface area contributed by atoms with E-state index in [2.05, 4.69) is 54.9 Å². The molecule has 0 radical (unpaired) electrons. The summed E-state index contributed by atoms with van der Waals surface area (Å²) < 4.78 is 1.96. The number of carbonyl (C=O) groups excluding carboxylic acids is 1. The Balaban J connectivity index is 1.63. The van der Waals surface area contributed by atoms with Crippen molar-refractivity contribution >= 4 is 11.6 Å². The summed E-state index contributed by atoms with van der Waals surface area (Å²) in [6, 6.07) is 8.82. The van der Waals surface area contributed by atoms with E-state index in [9.17, 15) is 4.79 Å². The molecule has 0 N–H and O–H groups in total. The molecule has 2 heterocycles. The monoisotopic (exact) mass is 326 g/mol. The van der Waals surface area contributed by atoms with Crippen LogP contribution in [-0.2, 0) is 17.8 Å². The minimum atomic E-state index is 0.179.